The Bertz CT molecular complexity index is 1250. The van der Waals surface area contributed by atoms with Gasteiger partial charge >= 0.3 is 0 Å². The van der Waals surface area contributed by atoms with E-state index < -0.39 is 0 Å². The Morgan fingerprint density at radius 3 is 2.67 bits per heavy atom. The van der Waals surface area contributed by atoms with Gasteiger partial charge in [0, 0.05) is 0 Å². The summed E-state index contributed by atoms with van der Waals surface area (Å²) in [5.74, 6) is 0.0583. The van der Waals surface area contributed by atoms with Crippen molar-refractivity contribution in [2.75, 3.05) is 5.75 Å². The minimum absolute atomic E-state index is 0.0496. The first kappa shape index (κ1) is 17.3. The lowest BCUT2D eigenvalue weighted by atomic mass is 10.2. The summed E-state index contributed by atoms with van der Waals surface area (Å²) >= 11 is 2.85. The molecule has 2 N–H and O–H groups in total. The number of para-hydroxylation sites is 2. The molecule has 0 aliphatic rings. The number of rotatable bonds is 4. The quantitative estimate of drug-likeness (QED) is 0.308. The van der Waals surface area contributed by atoms with Gasteiger partial charge in [0.25, 0.3) is 5.56 Å². The first-order valence-corrected chi connectivity index (χ1v) is 9.76. The first-order valence-electron chi connectivity index (χ1n) is 7.96. The molecule has 0 amide bonds. The van der Waals surface area contributed by atoms with E-state index in [1.807, 2.05) is 30.3 Å². The molecule has 0 radical (unpaired) electrons. The number of aliphatic hydroxyl groups is 1. The monoisotopic (exact) mass is 392 g/mol. The molecule has 4 aromatic rings. The van der Waals surface area contributed by atoms with Crippen LogP contribution in [0.15, 0.2) is 63.4 Å². The van der Waals surface area contributed by atoms with Gasteiger partial charge in [0.05, 0.1) is 26.9 Å². The number of nitriles is 1. The summed E-state index contributed by atoms with van der Waals surface area (Å²) in [5, 5.41) is 20.3. The summed E-state index contributed by atoms with van der Waals surface area (Å²) < 4.78 is 1.85. The van der Waals surface area contributed by atoms with Crippen LogP contribution in [-0.4, -0.2) is 25.8 Å². The molecule has 132 valence electrons. The second-order valence-electron chi connectivity index (χ2n) is 5.60. The second kappa shape index (κ2) is 7.23. The number of aliphatic hydroxyl groups excluding tert-OH is 1. The van der Waals surface area contributed by atoms with Crippen molar-refractivity contribution in [2.24, 2.45) is 0 Å². The van der Waals surface area contributed by atoms with Gasteiger partial charge in [-0.05, 0) is 24.3 Å². The number of hydrogen-bond donors (Lipinski definition) is 2. The standard InChI is InChI=1S/C19H12N4O2S2/c20-9-12(17-21-13-6-2-1-5-11(13)18(25)23-17)15(24)10-26-19-22-14-7-3-4-8-16(14)27-19/h1-8,24H,10H2,(H,21,23,25)/b15-12-. The van der Waals surface area contributed by atoms with E-state index in [0.29, 0.717) is 10.9 Å². The van der Waals surface area contributed by atoms with Gasteiger partial charge in [0.1, 0.15) is 17.4 Å². The van der Waals surface area contributed by atoms with Crippen molar-refractivity contribution in [3.8, 4) is 6.07 Å². The number of benzene rings is 2. The summed E-state index contributed by atoms with van der Waals surface area (Å²) in [5.41, 5.74) is 0.964. The molecule has 0 bridgehead atoms. The van der Waals surface area contributed by atoms with E-state index in [1.165, 1.54) is 23.1 Å². The van der Waals surface area contributed by atoms with Crippen LogP contribution in [0.25, 0.3) is 26.7 Å². The van der Waals surface area contributed by atoms with E-state index in [2.05, 4.69) is 15.0 Å². The molecular weight excluding hydrogens is 380 g/mol. The molecule has 0 unspecified atom stereocenters. The van der Waals surface area contributed by atoms with Gasteiger partial charge in [-0.3, -0.25) is 4.79 Å². The van der Waals surface area contributed by atoms with E-state index in [4.69, 9.17) is 0 Å². The number of thioether (sulfide) groups is 1. The van der Waals surface area contributed by atoms with Crippen LogP contribution in [0.4, 0.5) is 0 Å². The predicted octanol–water partition coefficient (Wildman–Crippen LogP) is 4.12. The van der Waals surface area contributed by atoms with E-state index in [-0.39, 0.29) is 28.5 Å². The van der Waals surface area contributed by atoms with Crippen molar-refractivity contribution >= 4 is 49.8 Å². The third-order valence-electron chi connectivity index (χ3n) is 3.86. The van der Waals surface area contributed by atoms with Gasteiger partial charge in [0.2, 0.25) is 0 Å². The average Bonchev–Trinajstić information content (AvgIpc) is 3.10. The zero-order valence-corrected chi connectivity index (χ0v) is 15.5. The Morgan fingerprint density at radius 2 is 1.89 bits per heavy atom. The molecule has 0 saturated heterocycles. The second-order valence-corrected chi connectivity index (χ2v) is 7.85. The van der Waals surface area contributed by atoms with E-state index >= 15 is 0 Å². The number of aromatic amines is 1. The number of aromatic nitrogens is 3. The highest BCUT2D eigenvalue weighted by atomic mass is 32.2. The van der Waals surface area contributed by atoms with Gasteiger partial charge in [-0.25, -0.2) is 9.97 Å². The summed E-state index contributed by atoms with van der Waals surface area (Å²) in [6.45, 7) is 0. The molecule has 2 aromatic heterocycles. The summed E-state index contributed by atoms with van der Waals surface area (Å²) in [6.07, 6.45) is 0. The zero-order chi connectivity index (χ0) is 18.8. The smallest absolute Gasteiger partial charge is 0.259 e. The lowest BCUT2D eigenvalue weighted by Gasteiger charge is -2.04. The molecule has 2 heterocycles. The van der Waals surface area contributed by atoms with Crippen LogP contribution in [0.3, 0.4) is 0 Å². The maximum Gasteiger partial charge on any atom is 0.259 e. The minimum Gasteiger partial charge on any atom is -0.510 e. The van der Waals surface area contributed by atoms with Crippen LogP contribution < -0.4 is 5.56 Å². The molecule has 0 aliphatic carbocycles. The van der Waals surface area contributed by atoms with Crippen LogP contribution in [0.1, 0.15) is 5.82 Å². The van der Waals surface area contributed by atoms with Gasteiger partial charge in [-0.15, -0.1) is 11.3 Å². The van der Waals surface area contributed by atoms with Gasteiger partial charge in [-0.1, -0.05) is 36.0 Å². The van der Waals surface area contributed by atoms with Crippen LogP contribution >= 0.6 is 23.1 Å². The molecular formula is C19H12N4O2S2. The third-order valence-corrected chi connectivity index (χ3v) is 6.05. The number of allylic oxidation sites excluding steroid dienone is 1. The number of nitrogens with zero attached hydrogens (tertiary/aromatic N) is 3. The number of fused-ring (bicyclic) bond motifs is 2. The number of nitrogens with one attached hydrogen (secondary N) is 1. The fourth-order valence-electron chi connectivity index (χ4n) is 2.57. The largest absolute Gasteiger partial charge is 0.510 e. The van der Waals surface area contributed by atoms with Crippen LogP contribution in [0.2, 0.25) is 0 Å². The molecule has 8 heteroatoms. The van der Waals surface area contributed by atoms with Crippen LogP contribution in [0, 0.1) is 11.3 Å². The summed E-state index contributed by atoms with van der Waals surface area (Å²) in [4.78, 5) is 23.6. The van der Waals surface area contributed by atoms with Crippen molar-refractivity contribution < 1.29 is 5.11 Å². The summed E-state index contributed by atoms with van der Waals surface area (Å²) in [7, 11) is 0. The number of thiazole rings is 1. The maximum atomic E-state index is 12.2. The highest BCUT2D eigenvalue weighted by Gasteiger charge is 2.14. The molecule has 0 atom stereocenters. The minimum atomic E-state index is -0.352. The Morgan fingerprint density at radius 1 is 1.15 bits per heavy atom. The fourth-order valence-corrected chi connectivity index (χ4v) is 4.52. The zero-order valence-electron chi connectivity index (χ0n) is 13.8. The highest BCUT2D eigenvalue weighted by Crippen LogP contribution is 2.31. The van der Waals surface area contributed by atoms with Crippen molar-refractivity contribution in [1.82, 2.24) is 15.0 Å². The maximum absolute atomic E-state index is 12.2. The topological polar surface area (TPSA) is 103 Å². The van der Waals surface area contributed by atoms with E-state index in [1.54, 1.807) is 24.3 Å². The van der Waals surface area contributed by atoms with Crippen molar-refractivity contribution in [3.63, 3.8) is 0 Å². The Balaban J connectivity index is 1.65. The molecule has 2 aromatic carbocycles. The average molecular weight is 392 g/mol. The van der Waals surface area contributed by atoms with E-state index in [9.17, 15) is 15.2 Å². The van der Waals surface area contributed by atoms with Gasteiger partial charge in [0.15, 0.2) is 10.2 Å². The number of hydrogen-bond acceptors (Lipinski definition) is 7. The molecule has 0 spiro atoms. The third kappa shape index (κ3) is 3.43. The first-order chi connectivity index (χ1) is 13.2. The summed E-state index contributed by atoms with van der Waals surface area (Å²) in [6, 6.07) is 16.6. The molecule has 4 rings (SSSR count). The molecule has 6 nitrogen and oxygen atoms in total. The van der Waals surface area contributed by atoms with E-state index in [0.717, 1.165) is 14.6 Å². The number of H-pyrrole nitrogens is 1. The molecule has 0 fully saturated rings. The van der Waals surface area contributed by atoms with Gasteiger partial charge in [-0.2, -0.15) is 5.26 Å². The Kier molecular flexibility index (Phi) is 4.62. The Hall–Kier alpha value is -3.15. The van der Waals surface area contributed by atoms with Crippen LogP contribution in [-0.2, 0) is 0 Å². The van der Waals surface area contributed by atoms with Crippen LogP contribution in [0.5, 0.6) is 0 Å². The molecule has 0 saturated carbocycles. The van der Waals surface area contributed by atoms with Crippen molar-refractivity contribution in [2.45, 2.75) is 4.34 Å². The van der Waals surface area contributed by atoms with Gasteiger partial charge < -0.3 is 10.1 Å². The fraction of sp³-hybridized carbons (Fsp3) is 0.0526. The van der Waals surface area contributed by atoms with Crippen molar-refractivity contribution in [3.05, 3.63) is 70.5 Å². The Labute approximate surface area is 161 Å². The lowest BCUT2D eigenvalue weighted by Crippen LogP contribution is -2.12. The molecule has 0 aliphatic heterocycles. The van der Waals surface area contributed by atoms with Crippen molar-refractivity contribution in [1.29, 1.82) is 5.26 Å². The predicted molar refractivity (Wildman–Crippen MR) is 108 cm³/mol. The SMILES string of the molecule is N#C/C(=C(/O)CSc1nc2ccccc2s1)c1nc2ccccc2c(=O)[nH]1. The lowest BCUT2D eigenvalue weighted by molar-refractivity contribution is 0.420. The highest BCUT2D eigenvalue weighted by molar-refractivity contribution is 8.01. The normalized spacial score (nSPS) is 12.1. The molecule has 27 heavy (non-hydrogen) atoms.